The predicted molar refractivity (Wildman–Crippen MR) is 83.6 cm³/mol. The smallest absolute Gasteiger partial charge is 0.0931 e. The predicted octanol–water partition coefficient (Wildman–Crippen LogP) is 3.04. The van der Waals surface area contributed by atoms with Crippen molar-refractivity contribution < 1.29 is 0 Å². The van der Waals surface area contributed by atoms with Crippen molar-refractivity contribution in [3.63, 3.8) is 0 Å². The van der Waals surface area contributed by atoms with Crippen LogP contribution in [0.2, 0.25) is 0 Å². The van der Waals surface area contributed by atoms with Crippen LogP contribution >= 0.6 is 15.9 Å². The molecule has 102 valence electrons. The summed E-state index contributed by atoms with van der Waals surface area (Å²) >= 11 is 3.64. The van der Waals surface area contributed by atoms with Gasteiger partial charge in [-0.25, -0.2) is 4.98 Å². The van der Waals surface area contributed by atoms with Gasteiger partial charge >= 0.3 is 0 Å². The van der Waals surface area contributed by atoms with Crippen LogP contribution < -0.4 is 5.32 Å². The maximum absolute atomic E-state index is 4.79. The van der Waals surface area contributed by atoms with Crippen LogP contribution in [0.1, 0.15) is 17.4 Å². The number of para-hydroxylation sites is 1. The number of hydrogen-bond donors (Lipinski definition) is 1. The summed E-state index contributed by atoms with van der Waals surface area (Å²) in [6.45, 7) is 0. The Hall–Kier alpha value is -1.72. The third-order valence-electron chi connectivity index (χ3n) is 3.42. The fourth-order valence-corrected chi connectivity index (χ4v) is 2.96. The Morgan fingerprint density at radius 1 is 1.25 bits per heavy atom. The number of nitrogens with one attached hydrogen (secondary N) is 1. The summed E-state index contributed by atoms with van der Waals surface area (Å²) in [6, 6.07) is 12.2. The summed E-state index contributed by atoms with van der Waals surface area (Å²) in [7, 11) is 3.87. The van der Waals surface area contributed by atoms with Crippen molar-refractivity contribution in [2.75, 3.05) is 7.05 Å². The fraction of sp³-hybridized carbons (Fsp3) is 0.200. The van der Waals surface area contributed by atoms with Crippen LogP contribution in [0.4, 0.5) is 0 Å². The van der Waals surface area contributed by atoms with E-state index in [2.05, 4.69) is 38.5 Å². The van der Waals surface area contributed by atoms with Gasteiger partial charge in [-0.2, -0.15) is 5.10 Å². The molecule has 0 bridgehead atoms. The summed E-state index contributed by atoms with van der Waals surface area (Å²) in [5, 5.41) is 8.68. The van der Waals surface area contributed by atoms with Gasteiger partial charge in [-0.3, -0.25) is 4.68 Å². The molecule has 3 aromatic rings. The number of nitrogens with zero attached hydrogens (tertiary/aromatic N) is 3. The second-order valence-corrected chi connectivity index (χ2v) is 5.50. The van der Waals surface area contributed by atoms with Crippen LogP contribution in [-0.4, -0.2) is 21.8 Å². The molecule has 0 fully saturated rings. The number of aryl methyl sites for hydroxylation is 1. The molecule has 1 aromatic carbocycles. The number of benzene rings is 1. The van der Waals surface area contributed by atoms with Crippen molar-refractivity contribution in [3.05, 3.63) is 58.5 Å². The van der Waals surface area contributed by atoms with Gasteiger partial charge in [-0.05, 0) is 41.2 Å². The van der Waals surface area contributed by atoms with E-state index < -0.39 is 0 Å². The third kappa shape index (κ3) is 2.23. The first-order valence-electron chi connectivity index (χ1n) is 6.41. The van der Waals surface area contributed by atoms with Gasteiger partial charge in [0.25, 0.3) is 0 Å². The second kappa shape index (κ2) is 5.34. The van der Waals surface area contributed by atoms with Crippen LogP contribution in [0.5, 0.6) is 0 Å². The van der Waals surface area contributed by atoms with Gasteiger partial charge in [0.05, 0.1) is 22.9 Å². The lowest BCUT2D eigenvalue weighted by atomic mass is 10.1. The number of fused-ring (bicyclic) bond motifs is 1. The average Bonchev–Trinajstić information content (AvgIpc) is 2.87. The molecular formula is C15H15BrN4. The molecule has 0 spiro atoms. The molecule has 0 aliphatic heterocycles. The quantitative estimate of drug-likeness (QED) is 0.802. The van der Waals surface area contributed by atoms with E-state index in [9.17, 15) is 0 Å². The summed E-state index contributed by atoms with van der Waals surface area (Å²) in [5.41, 5.74) is 3.04. The van der Waals surface area contributed by atoms with E-state index in [1.807, 2.05) is 43.0 Å². The zero-order valence-corrected chi connectivity index (χ0v) is 12.9. The monoisotopic (exact) mass is 330 g/mol. The molecule has 5 heteroatoms. The molecule has 0 amide bonds. The number of pyridine rings is 1. The Labute approximate surface area is 126 Å². The Morgan fingerprint density at radius 3 is 2.75 bits per heavy atom. The zero-order chi connectivity index (χ0) is 14.1. The van der Waals surface area contributed by atoms with Crippen LogP contribution in [-0.2, 0) is 7.05 Å². The van der Waals surface area contributed by atoms with Crippen molar-refractivity contribution in [1.82, 2.24) is 20.1 Å². The van der Waals surface area contributed by atoms with E-state index in [0.717, 1.165) is 26.8 Å². The van der Waals surface area contributed by atoms with Crippen molar-refractivity contribution >= 4 is 26.8 Å². The minimum Gasteiger partial charge on any atom is -0.307 e. The van der Waals surface area contributed by atoms with Crippen LogP contribution in [0.3, 0.4) is 0 Å². The molecule has 0 aliphatic carbocycles. The molecule has 0 aliphatic rings. The maximum Gasteiger partial charge on any atom is 0.0931 e. The Balaban J connectivity index is 2.17. The normalized spacial score (nSPS) is 12.8. The first-order chi connectivity index (χ1) is 9.70. The fourth-order valence-electron chi connectivity index (χ4n) is 2.40. The number of rotatable bonds is 3. The third-order valence-corrected chi connectivity index (χ3v) is 4.06. The standard InChI is InChI=1S/C15H15BrN4/c1-17-15(13-7-8-18-20(13)2)14-11(16)9-10-5-3-4-6-12(10)19-14/h3-9,15,17H,1-2H3. The van der Waals surface area contributed by atoms with E-state index in [1.54, 1.807) is 6.20 Å². The minimum atomic E-state index is 0.00137. The lowest BCUT2D eigenvalue weighted by Gasteiger charge is -2.18. The van der Waals surface area contributed by atoms with Gasteiger partial charge in [-0.1, -0.05) is 18.2 Å². The summed E-state index contributed by atoms with van der Waals surface area (Å²) in [4.78, 5) is 4.79. The molecule has 1 N–H and O–H groups in total. The van der Waals surface area contributed by atoms with E-state index in [0.29, 0.717) is 0 Å². The highest BCUT2D eigenvalue weighted by Gasteiger charge is 2.20. The molecule has 4 nitrogen and oxygen atoms in total. The first-order valence-corrected chi connectivity index (χ1v) is 7.20. The number of aromatic nitrogens is 3. The van der Waals surface area contributed by atoms with Crippen molar-refractivity contribution in [2.45, 2.75) is 6.04 Å². The minimum absolute atomic E-state index is 0.00137. The van der Waals surface area contributed by atoms with Crippen molar-refractivity contribution in [3.8, 4) is 0 Å². The molecule has 3 rings (SSSR count). The van der Waals surface area contributed by atoms with E-state index in [1.165, 1.54) is 0 Å². The number of hydrogen-bond acceptors (Lipinski definition) is 3. The Bertz CT molecular complexity index is 750. The Kier molecular flexibility index (Phi) is 3.54. The van der Waals surface area contributed by atoms with Crippen molar-refractivity contribution in [2.24, 2.45) is 7.05 Å². The van der Waals surface area contributed by atoms with Gasteiger partial charge in [0.1, 0.15) is 0 Å². The highest BCUT2D eigenvalue weighted by atomic mass is 79.9. The first kappa shape index (κ1) is 13.3. The largest absolute Gasteiger partial charge is 0.307 e. The highest BCUT2D eigenvalue weighted by molar-refractivity contribution is 9.10. The van der Waals surface area contributed by atoms with Gasteiger partial charge in [0.15, 0.2) is 0 Å². The van der Waals surface area contributed by atoms with Gasteiger partial charge < -0.3 is 5.32 Å². The SMILES string of the molecule is CNC(c1nc2ccccc2cc1Br)c1ccnn1C. The lowest BCUT2D eigenvalue weighted by Crippen LogP contribution is -2.22. The number of halogens is 1. The molecule has 1 unspecified atom stereocenters. The lowest BCUT2D eigenvalue weighted by molar-refractivity contribution is 0.594. The summed E-state index contributed by atoms with van der Waals surface area (Å²) < 4.78 is 2.86. The molecular weight excluding hydrogens is 316 g/mol. The van der Waals surface area contributed by atoms with Crippen molar-refractivity contribution in [1.29, 1.82) is 0 Å². The Morgan fingerprint density at radius 2 is 2.05 bits per heavy atom. The topological polar surface area (TPSA) is 42.7 Å². The van der Waals surface area contributed by atoms with E-state index in [-0.39, 0.29) is 6.04 Å². The van der Waals surface area contributed by atoms with Gasteiger partial charge in [-0.15, -0.1) is 0 Å². The molecule has 20 heavy (non-hydrogen) atoms. The average molecular weight is 331 g/mol. The van der Waals surface area contributed by atoms with Gasteiger partial charge in [0, 0.05) is 23.1 Å². The maximum atomic E-state index is 4.79. The molecule has 2 aromatic heterocycles. The van der Waals surface area contributed by atoms with Crippen LogP contribution in [0.25, 0.3) is 10.9 Å². The molecule has 0 radical (unpaired) electrons. The zero-order valence-electron chi connectivity index (χ0n) is 11.3. The highest BCUT2D eigenvalue weighted by Crippen LogP contribution is 2.29. The summed E-state index contributed by atoms with van der Waals surface area (Å²) in [5.74, 6) is 0. The molecule has 2 heterocycles. The molecule has 1 atom stereocenters. The summed E-state index contributed by atoms with van der Waals surface area (Å²) in [6.07, 6.45) is 1.80. The van der Waals surface area contributed by atoms with Crippen LogP contribution in [0.15, 0.2) is 47.1 Å². The van der Waals surface area contributed by atoms with E-state index in [4.69, 9.17) is 4.98 Å². The molecule has 0 saturated carbocycles. The van der Waals surface area contributed by atoms with Crippen LogP contribution in [0, 0.1) is 0 Å². The van der Waals surface area contributed by atoms with Gasteiger partial charge in [0.2, 0.25) is 0 Å². The molecule has 0 saturated heterocycles. The van der Waals surface area contributed by atoms with E-state index >= 15 is 0 Å². The second-order valence-electron chi connectivity index (χ2n) is 4.65.